The Balaban J connectivity index is 1.71. The third kappa shape index (κ3) is 5.26. The van der Waals surface area contributed by atoms with Gasteiger partial charge in [-0.15, -0.1) is 0 Å². The van der Waals surface area contributed by atoms with E-state index in [0.29, 0.717) is 43.1 Å². The first-order valence-corrected chi connectivity index (χ1v) is 11.2. The molecule has 33 heavy (non-hydrogen) atoms. The van der Waals surface area contributed by atoms with Crippen molar-refractivity contribution in [1.29, 1.82) is 0 Å². The Morgan fingerprint density at radius 1 is 1.09 bits per heavy atom. The normalized spacial score (nSPS) is 17.1. The van der Waals surface area contributed by atoms with Crippen molar-refractivity contribution in [3.63, 3.8) is 0 Å². The number of nitrogens with zero attached hydrogens (tertiary/aromatic N) is 4. The van der Waals surface area contributed by atoms with Crippen molar-refractivity contribution in [3.05, 3.63) is 39.7 Å². The maximum absolute atomic E-state index is 13.9. The molecule has 2 aromatic rings. The Morgan fingerprint density at radius 2 is 1.79 bits per heavy atom. The van der Waals surface area contributed by atoms with Crippen LogP contribution in [0.4, 0.5) is 38.0 Å². The fraction of sp³-hybridized carbons (Fsp3) is 0.591. The van der Waals surface area contributed by atoms with Crippen LogP contribution in [0.1, 0.15) is 41.8 Å². The SMILES string of the molecule is Cc1cc(C)c(N2CCCn3c2nc(C(F)(F)F)c3CCN(CC(F)(F)F)C2CC2)c(Cl)c1. The second-order valence-electron chi connectivity index (χ2n) is 8.84. The van der Waals surface area contributed by atoms with Crippen LogP contribution in [-0.4, -0.2) is 46.3 Å². The first-order valence-electron chi connectivity index (χ1n) is 10.9. The largest absolute Gasteiger partial charge is 0.435 e. The summed E-state index contributed by atoms with van der Waals surface area (Å²) >= 11 is 6.46. The van der Waals surface area contributed by atoms with E-state index >= 15 is 0 Å². The van der Waals surface area contributed by atoms with Gasteiger partial charge in [0.15, 0.2) is 5.69 Å². The van der Waals surface area contributed by atoms with Gasteiger partial charge in [-0.3, -0.25) is 4.90 Å². The highest BCUT2D eigenvalue weighted by molar-refractivity contribution is 6.33. The number of fused-ring (bicyclic) bond motifs is 1. The molecular weight excluding hydrogens is 470 g/mol. The minimum Gasteiger partial charge on any atom is -0.313 e. The number of imidazole rings is 1. The van der Waals surface area contributed by atoms with Gasteiger partial charge in [0.25, 0.3) is 0 Å². The summed E-state index contributed by atoms with van der Waals surface area (Å²) in [5.74, 6) is 0.131. The Hall–Kier alpha value is -1.94. The molecule has 1 aliphatic carbocycles. The van der Waals surface area contributed by atoms with Gasteiger partial charge in [0.2, 0.25) is 5.95 Å². The molecule has 1 aromatic carbocycles. The summed E-state index contributed by atoms with van der Waals surface area (Å²) in [5, 5.41) is 0.421. The summed E-state index contributed by atoms with van der Waals surface area (Å²) in [6.45, 7) is 3.25. The molecule has 2 aliphatic rings. The van der Waals surface area contributed by atoms with Gasteiger partial charge in [-0.2, -0.15) is 26.3 Å². The zero-order chi connectivity index (χ0) is 24.1. The molecule has 182 valence electrons. The lowest BCUT2D eigenvalue weighted by Crippen LogP contribution is -2.38. The number of aromatic nitrogens is 2. The van der Waals surface area contributed by atoms with Gasteiger partial charge in [0.05, 0.1) is 22.9 Å². The molecular formula is C22H25ClF6N4. The van der Waals surface area contributed by atoms with E-state index in [9.17, 15) is 26.3 Å². The van der Waals surface area contributed by atoms with Crippen molar-refractivity contribution in [2.45, 2.75) is 64.5 Å². The molecule has 2 heterocycles. The smallest absolute Gasteiger partial charge is 0.313 e. The predicted molar refractivity (Wildman–Crippen MR) is 114 cm³/mol. The molecule has 0 N–H and O–H groups in total. The second kappa shape index (κ2) is 8.69. The van der Waals surface area contributed by atoms with Gasteiger partial charge in [0, 0.05) is 32.1 Å². The van der Waals surface area contributed by atoms with Gasteiger partial charge in [-0.1, -0.05) is 17.7 Å². The van der Waals surface area contributed by atoms with Gasteiger partial charge in [-0.25, -0.2) is 4.98 Å². The number of benzene rings is 1. The monoisotopic (exact) mass is 494 g/mol. The lowest BCUT2D eigenvalue weighted by molar-refractivity contribution is -0.148. The lowest BCUT2D eigenvalue weighted by Gasteiger charge is -2.32. The minimum absolute atomic E-state index is 0.0732. The molecule has 4 rings (SSSR count). The van der Waals surface area contributed by atoms with E-state index < -0.39 is 24.6 Å². The van der Waals surface area contributed by atoms with Crippen molar-refractivity contribution >= 4 is 23.2 Å². The van der Waals surface area contributed by atoms with Crippen LogP contribution in [0, 0.1) is 13.8 Å². The van der Waals surface area contributed by atoms with Gasteiger partial charge >= 0.3 is 12.4 Å². The van der Waals surface area contributed by atoms with E-state index in [-0.39, 0.29) is 30.6 Å². The minimum atomic E-state index is -4.72. The molecule has 1 fully saturated rings. The number of aryl methyl sites for hydroxylation is 2. The van der Waals surface area contributed by atoms with Crippen molar-refractivity contribution in [2.24, 2.45) is 0 Å². The number of hydrogen-bond acceptors (Lipinski definition) is 3. The third-order valence-corrected chi connectivity index (χ3v) is 6.36. The van der Waals surface area contributed by atoms with Gasteiger partial charge < -0.3 is 9.47 Å². The molecule has 1 aliphatic heterocycles. The number of halogens is 7. The van der Waals surface area contributed by atoms with Crippen LogP contribution < -0.4 is 4.90 Å². The molecule has 1 saturated carbocycles. The Bertz CT molecular complexity index is 1000. The van der Waals surface area contributed by atoms with Gasteiger partial charge in [0.1, 0.15) is 0 Å². The summed E-state index contributed by atoms with van der Waals surface area (Å²) in [6.07, 6.45) is -7.46. The van der Waals surface area contributed by atoms with Gasteiger partial charge in [-0.05, 0) is 50.3 Å². The number of hydrogen-bond donors (Lipinski definition) is 0. The van der Waals surface area contributed by atoms with Crippen molar-refractivity contribution < 1.29 is 26.3 Å². The standard InChI is InChI=1S/C22H25ClF6N4/c1-13-10-14(2)18(16(23)11-13)33-8-3-7-32-17(19(22(27,28)29)30-20(32)33)6-9-31(15-4-5-15)12-21(24,25)26/h10-11,15H,3-9,12H2,1-2H3. The Morgan fingerprint density at radius 3 is 2.36 bits per heavy atom. The number of alkyl halides is 6. The molecule has 4 nitrogen and oxygen atoms in total. The summed E-state index contributed by atoms with van der Waals surface area (Å²) in [7, 11) is 0. The molecule has 11 heteroatoms. The summed E-state index contributed by atoms with van der Waals surface area (Å²) < 4.78 is 82.2. The van der Waals surface area contributed by atoms with Crippen LogP contribution in [0.15, 0.2) is 12.1 Å². The quantitative estimate of drug-likeness (QED) is 0.441. The van der Waals surface area contributed by atoms with E-state index in [2.05, 4.69) is 4.98 Å². The molecule has 0 atom stereocenters. The van der Waals surface area contributed by atoms with Crippen molar-refractivity contribution in [1.82, 2.24) is 14.5 Å². The number of anilines is 2. The molecule has 1 aromatic heterocycles. The molecule has 0 saturated heterocycles. The summed E-state index contributed by atoms with van der Waals surface area (Å²) in [6, 6.07) is 3.43. The maximum atomic E-state index is 13.9. The second-order valence-corrected chi connectivity index (χ2v) is 9.25. The Labute approximate surface area is 193 Å². The maximum Gasteiger partial charge on any atom is 0.435 e. The zero-order valence-electron chi connectivity index (χ0n) is 18.3. The van der Waals surface area contributed by atoms with E-state index in [1.807, 2.05) is 19.9 Å². The lowest BCUT2D eigenvalue weighted by atomic mass is 10.1. The Kier molecular flexibility index (Phi) is 6.37. The average Bonchev–Trinajstić information content (AvgIpc) is 3.43. The first kappa shape index (κ1) is 24.2. The zero-order valence-corrected chi connectivity index (χ0v) is 19.1. The molecule has 0 amide bonds. The topological polar surface area (TPSA) is 24.3 Å². The van der Waals surface area contributed by atoms with Crippen LogP contribution in [-0.2, 0) is 19.1 Å². The van der Waals surface area contributed by atoms with Crippen LogP contribution in [0.2, 0.25) is 5.02 Å². The highest BCUT2D eigenvalue weighted by Crippen LogP contribution is 2.41. The van der Waals surface area contributed by atoms with Crippen LogP contribution in [0.25, 0.3) is 0 Å². The average molecular weight is 495 g/mol. The highest BCUT2D eigenvalue weighted by atomic mass is 35.5. The van der Waals surface area contributed by atoms with E-state index in [4.69, 9.17) is 11.6 Å². The molecule has 0 spiro atoms. The van der Waals surface area contributed by atoms with E-state index in [1.165, 1.54) is 9.47 Å². The van der Waals surface area contributed by atoms with Crippen LogP contribution in [0.3, 0.4) is 0 Å². The van der Waals surface area contributed by atoms with E-state index in [0.717, 1.165) is 11.1 Å². The molecule has 0 unspecified atom stereocenters. The van der Waals surface area contributed by atoms with Crippen LogP contribution in [0.5, 0.6) is 0 Å². The van der Waals surface area contributed by atoms with E-state index in [1.54, 1.807) is 11.0 Å². The molecule has 0 bridgehead atoms. The highest BCUT2D eigenvalue weighted by Gasteiger charge is 2.42. The van der Waals surface area contributed by atoms with Crippen molar-refractivity contribution in [3.8, 4) is 0 Å². The number of rotatable bonds is 6. The fourth-order valence-electron chi connectivity index (χ4n) is 4.65. The summed E-state index contributed by atoms with van der Waals surface area (Å²) in [5.41, 5.74) is 1.24. The molecule has 0 radical (unpaired) electrons. The summed E-state index contributed by atoms with van der Waals surface area (Å²) in [4.78, 5) is 6.89. The van der Waals surface area contributed by atoms with Crippen LogP contribution >= 0.6 is 11.6 Å². The third-order valence-electron chi connectivity index (χ3n) is 6.08. The fourth-order valence-corrected chi connectivity index (χ4v) is 5.08. The van der Waals surface area contributed by atoms with Crippen molar-refractivity contribution in [2.75, 3.05) is 24.5 Å². The predicted octanol–water partition coefficient (Wildman–Crippen LogP) is 6.28. The first-order chi connectivity index (χ1) is 15.3.